The van der Waals surface area contributed by atoms with Crippen molar-refractivity contribution < 1.29 is 4.39 Å². The Kier molecular flexibility index (Phi) is 3.72. The number of aromatic nitrogens is 2. The third-order valence-corrected chi connectivity index (χ3v) is 4.54. The first-order valence-corrected chi connectivity index (χ1v) is 7.90. The highest BCUT2D eigenvalue weighted by atomic mass is 35.5. The molecular formula is C16H20ClFN2. The van der Waals surface area contributed by atoms with Crippen LogP contribution in [0.4, 0.5) is 4.39 Å². The van der Waals surface area contributed by atoms with Gasteiger partial charge in [-0.15, -0.1) is 11.6 Å². The van der Waals surface area contributed by atoms with E-state index in [1.54, 1.807) is 6.92 Å². The lowest BCUT2D eigenvalue weighted by atomic mass is 10.1. The summed E-state index contributed by atoms with van der Waals surface area (Å²) in [5.74, 6) is 1.89. The molecule has 108 valence electrons. The molecule has 1 saturated carbocycles. The second-order valence-corrected chi connectivity index (χ2v) is 6.13. The van der Waals surface area contributed by atoms with Gasteiger partial charge in [-0.3, -0.25) is 0 Å². The van der Waals surface area contributed by atoms with E-state index in [0.29, 0.717) is 17.5 Å². The largest absolute Gasteiger partial charge is 0.324 e. The molecule has 0 saturated heterocycles. The minimum absolute atomic E-state index is 0.196. The van der Waals surface area contributed by atoms with Crippen molar-refractivity contribution in [3.63, 3.8) is 0 Å². The summed E-state index contributed by atoms with van der Waals surface area (Å²) in [6.45, 7) is 4.00. The molecule has 4 heteroatoms. The first kappa shape index (κ1) is 13.9. The molecule has 1 aromatic carbocycles. The molecule has 1 atom stereocenters. The van der Waals surface area contributed by atoms with Crippen LogP contribution in [-0.4, -0.2) is 9.55 Å². The van der Waals surface area contributed by atoms with E-state index in [-0.39, 0.29) is 5.82 Å². The molecule has 2 nitrogen and oxygen atoms in total. The maximum Gasteiger partial charge on any atom is 0.128 e. The van der Waals surface area contributed by atoms with Crippen molar-refractivity contribution in [2.45, 2.75) is 51.5 Å². The molecule has 20 heavy (non-hydrogen) atoms. The number of rotatable bonds is 5. The molecule has 0 bridgehead atoms. The Labute approximate surface area is 123 Å². The Morgan fingerprint density at radius 1 is 1.45 bits per heavy atom. The predicted molar refractivity (Wildman–Crippen MR) is 80.7 cm³/mol. The summed E-state index contributed by atoms with van der Waals surface area (Å²) in [4.78, 5) is 4.52. The van der Waals surface area contributed by atoms with E-state index < -0.39 is 0 Å². The molecular weight excluding hydrogens is 275 g/mol. The van der Waals surface area contributed by atoms with Crippen molar-refractivity contribution in [3.05, 3.63) is 29.3 Å². The zero-order chi connectivity index (χ0) is 14.3. The van der Waals surface area contributed by atoms with E-state index >= 15 is 0 Å². The maximum atomic E-state index is 13.7. The number of alkyl halides is 1. The molecule has 1 heterocycles. The van der Waals surface area contributed by atoms with Crippen molar-refractivity contribution in [1.29, 1.82) is 0 Å². The Morgan fingerprint density at radius 2 is 2.20 bits per heavy atom. The van der Waals surface area contributed by atoms with Crippen molar-refractivity contribution in [2.24, 2.45) is 5.92 Å². The third-order valence-electron chi connectivity index (χ3n) is 4.30. The van der Waals surface area contributed by atoms with Gasteiger partial charge < -0.3 is 4.57 Å². The number of aryl methyl sites for hydroxylation is 1. The van der Waals surface area contributed by atoms with E-state index in [2.05, 4.69) is 16.5 Å². The highest BCUT2D eigenvalue weighted by Gasteiger charge is 2.27. The quantitative estimate of drug-likeness (QED) is 0.712. The topological polar surface area (TPSA) is 17.8 Å². The number of hydrogen-bond acceptors (Lipinski definition) is 1. The van der Waals surface area contributed by atoms with Gasteiger partial charge in [-0.05, 0) is 37.3 Å². The fourth-order valence-electron chi connectivity index (χ4n) is 2.96. The monoisotopic (exact) mass is 294 g/mol. The van der Waals surface area contributed by atoms with Gasteiger partial charge in [-0.25, -0.2) is 9.37 Å². The lowest BCUT2D eigenvalue weighted by Gasteiger charge is -2.20. The average molecular weight is 295 g/mol. The van der Waals surface area contributed by atoms with Gasteiger partial charge in [-0.2, -0.15) is 0 Å². The number of benzene rings is 1. The summed E-state index contributed by atoms with van der Waals surface area (Å²) in [5, 5.41) is 0. The van der Waals surface area contributed by atoms with E-state index in [1.807, 2.05) is 6.07 Å². The summed E-state index contributed by atoms with van der Waals surface area (Å²) in [6.07, 6.45) is 4.92. The lowest BCUT2D eigenvalue weighted by molar-refractivity contribution is 0.429. The van der Waals surface area contributed by atoms with Crippen LogP contribution in [0.2, 0.25) is 0 Å². The van der Waals surface area contributed by atoms with Gasteiger partial charge >= 0.3 is 0 Å². The fraction of sp³-hybridized carbons (Fsp3) is 0.562. The standard InChI is InChI=1S/C16H20ClFN2/c1-3-12(7-11-4-5-11)20-15-6-10(2)13(18)8-14(15)19-16(20)9-17/h6,8,11-12H,3-5,7,9H2,1-2H3. The van der Waals surface area contributed by atoms with Crippen molar-refractivity contribution in [3.8, 4) is 0 Å². The Hall–Kier alpha value is -1.09. The SMILES string of the molecule is CCC(CC1CC1)n1c(CCl)nc2cc(F)c(C)cc21. The smallest absolute Gasteiger partial charge is 0.128 e. The summed E-state index contributed by atoms with van der Waals surface area (Å²) in [7, 11) is 0. The molecule has 1 aliphatic carbocycles. The first-order chi connectivity index (χ1) is 9.63. The van der Waals surface area contributed by atoms with Gasteiger partial charge in [0.05, 0.1) is 16.9 Å². The van der Waals surface area contributed by atoms with Crippen LogP contribution in [0.25, 0.3) is 11.0 Å². The van der Waals surface area contributed by atoms with E-state index in [9.17, 15) is 4.39 Å². The number of nitrogens with zero attached hydrogens (tertiary/aromatic N) is 2. The van der Waals surface area contributed by atoms with Crippen molar-refractivity contribution in [2.75, 3.05) is 0 Å². The first-order valence-electron chi connectivity index (χ1n) is 7.37. The number of hydrogen-bond donors (Lipinski definition) is 0. The molecule has 3 rings (SSSR count). The Balaban J connectivity index is 2.12. The van der Waals surface area contributed by atoms with Crippen molar-refractivity contribution in [1.82, 2.24) is 9.55 Å². The minimum atomic E-state index is -0.196. The van der Waals surface area contributed by atoms with Crippen LogP contribution < -0.4 is 0 Å². The molecule has 1 unspecified atom stereocenters. The molecule has 1 aliphatic rings. The molecule has 1 fully saturated rings. The molecule has 0 aliphatic heterocycles. The average Bonchev–Trinajstić information content (AvgIpc) is 3.19. The summed E-state index contributed by atoms with van der Waals surface area (Å²) < 4.78 is 16.0. The van der Waals surface area contributed by atoms with Crippen molar-refractivity contribution >= 4 is 22.6 Å². The molecule has 0 amide bonds. The van der Waals surface area contributed by atoms with Gasteiger partial charge in [0.15, 0.2) is 0 Å². The molecule has 2 aromatic rings. The van der Waals surface area contributed by atoms with Crippen LogP contribution in [0.1, 0.15) is 50.0 Å². The van der Waals surface area contributed by atoms with Crippen LogP contribution in [-0.2, 0) is 5.88 Å². The molecule has 1 aromatic heterocycles. The van der Waals surface area contributed by atoms with E-state index in [4.69, 9.17) is 11.6 Å². The van der Waals surface area contributed by atoms with Gasteiger partial charge in [0.2, 0.25) is 0 Å². The fourth-order valence-corrected chi connectivity index (χ4v) is 3.15. The summed E-state index contributed by atoms with van der Waals surface area (Å²) >= 11 is 6.06. The van der Waals surface area contributed by atoms with Gasteiger partial charge in [0.25, 0.3) is 0 Å². The summed E-state index contributed by atoms with van der Waals surface area (Å²) in [5.41, 5.74) is 2.41. The van der Waals surface area contributed by atoms with E-state index in [0.717, 1.165) is 29.2 Å². The highest BCUT2D eigenvalue weighted by Crippen LogP contribution is 2.39. The van der Waals surface area contributed by atoms with Crippen LogP contribution in [0.15, 0.2) is 12.1 Å². The van der Waals surface area contributed by atoms with Crippen LogP contribution in [0, 0.1) is 18.7 Å². The van der Waals surface area contributed by atoms with E-state index in [1.165, 1.54) is 25.3 Å². The number of halogens is 2. The van der Waals surface area contributed by atoms with Crippen LogP contribution >= 0.6 is 11.6 Å². The second-order valence-electron chi connectivity index (χ2n) is 5.86. The number of imidazole rings is 1. The lowest BCUT2D eigenvalue weighted by Crippen LogP contribution is -2.12. The van der Waals surface area contributed by atoms with Gasteiger partial charge in [0.1, 0.15) is 11.6 Å². The number of fused-ring (bicyclic) bond motifs is 1. The Bertz CT molecular complexity index is 631. The van der Waals surface area contributed by atoms with Gasteiger partial charge in [-0.1, -0.05) is 19.8 Å². The van der Waals surface area contributed by atoms with Gasteiger partial charge in [0, 0.05) is 12.1 Å². The van der Waals surface area contributed by atoms with Crippen LogP contribution in [0.5, 0.6) is 0 Å². The third kappa shape index (κ3) is 2.44. The predicted octanol–water partition coefficient (Wildman–Crippen LogP) is 4.97. The minimum Gasteiger partial charge on any atom is -0.324 e. The Morgan fingerprint density at radius 3 is 2.80 bits per heavy atom. The zero-order valence-corrected chi connectivity index (χ0v) is 12.8. The molecule has 0 N–H and O–H groups in total. The summed E-state index contributed by atoms with van der Waals surface area (Å²) in [6, 6.07) is 3.86. The molecule has 0 radical (unpaired) electrons. The normalized spacial score (nSPS) is 16.8. The zero-order valence-electron chi connectivity index (χ0n) is 12.0. The van der Waals surface area contributed by atoms with Crippen LogP contribution in [0.3, 0.4) is 0 Å². The second kappa shape index (κ2) is 5.36. The maximum absolute atomic E-state index is 13.7. The molecule has 0 spiro atoms. The highest BCUT2D eigenvalue weighted by molar-refractivity contribution is 6.16.